The van der Waals surface area contributed by atoms with E-state index < -0.39 is 9.84 Å². The van der Waals surface area contributed by atoms with Crippen molar-refractivity contribution in [1.82, 2.24) is 9.88 Å². The molecule has 0 spiro atoms. The van der Waals surface area contributed by atoms with E-state index in [0.717, 1.165) is 30.8 Å². The maximum absolute atomic E-state index is 11.5. The number of pyridine rings is 1. The molecule has 3 rings (SSSR count). The van der Waals surface area contributed by atoms with Crippen LogP contribution >= 0.6 is 0 Å². The van der Waals surface area contributed by atoms with Crippen molar-refractivity contribution in [2.24, 2.45) is 0 Å². The third kappa shape index (κ3) is 4.16. The Morgan fingerprint density at radius 2 is 2.04 bits per heavy atom. The summed E-state index contributed by atoms with van der Waals surface area (Å²) in [5.41, 5.74) is 2.19. The quantitative estimate of drug-likeness (QED) is 0.858. The van der Waals surface area contributed by atoms with Gasteiger partial charge in [0.05, 0.1) is 17.6 Å². The largest absolute Gasteiger partial charge is 0.371 e. The number of hydrogen-bond donors (Lipinski definition) is 0. The minimum atomic E-state index is -3.14. The number of benzene rings is 1. The second-order valence-electron chi connectivity index (χ2n) is 5.80. The highest BCUT2D eigenvalue weighted by Gasteiger charge is 2.22. The first-order valence-corrected chi connectivity index (χ1v) is 9.44. The van der Waals surface area contributed by atoms with Crippen molar-refractivity contribution in [3.63, 3.8) is 0 Å². The van der Waals surface area contributed by atoms with Crippen molar-refractivity contribution in [2.45, 2.75) is 17.5 Å². The average molecular weight is 332 g/mol. The van der Waals surface area contributed by atoms with E-state index in [1.54, 1.807) is 18.3 Å². The molecule has 0 radical (unpaired) electrons. The zero-order valence-electron chi connectivity index (χ0n) is 13.1. The molecular formula is C17H20N2O3S. The van der Waals surface area contributed by atoms with E-state index in [1.807, 2.05) is 30.5 Å². The number of nitrogens with zero attached hydrogens (tertiary/aromatic N) is 2. The van der Waals surface area contributed by atoms with Crippen LogP contribution in [0.25, 0.3) is 0 Å². The molecule has 0 bridgehead atoms. The van der Waals surface area contributed by atoms with Gasteiger partial charge >= 0.3 is 0 Å². The molecule has 1 aromatic heterocycles. The predicted molar refractivity (Wildman–Crippen MR) is 87.8 cm³/mol. The summed E-state index contributed by atoms with van der Waals surface area (Å²) >= 11 is 0. The van der Waals surface area contributed by atoms with Gasteiger partial charge in [-0.25, -0.2) is 8.42 Å². The number of hydrogen-bond acceptors (Lipinski definition) is 5. The van der Waals surface area contributed by atoms with Crippen molar-refractivity contribution in [3.8, 4) is 0 Å². The minimum Gasteiger partial charge on any atom is -0.371 e. The van der Waals surface area contributed by atoms with Gasteiger partial charge in [-0.3, -0.25) is 9.88 Å². The van der Waals surface area contributed by atoms with Gasteiger partial charge in [0.15, 0.2) is 9.84 Å². The second-order valence-corrected chi connectivity index (χ2v) is 7.81. The molecule has 0 unspecified atom stereocenters. The van der Waals surface area contributed by atoms with Gasteiger partial charge in [0, 0.05) is 43.8 Å². The van der Waals surface area contributed by atoms with E-state index in [0.29, 0.717) is 11.5 Å². The molecule has 1 saturated heterocycles. The summed E-state index contributed by atoms with van der Waals surface area (Å²) in [4.78, 5) is 6.82. The van der Waals surface area contributed by atoms with Gasteiger partial charge in [-0.1, -0.05) is 18.2 Å². The number of sulfone groups is 1. The van der Waals surface area contributed by atoms with Crippen molar-refractivity contribution < 1.29 is 13.2 Å². The summed E-state index contributed by atoms with van der Waals surface area (Å²) in [5, 5.41) is 0. The van der Waals surface area contributed by atoms with Crippen LogP contribution in [-0.4, -0.2) is 44.3 Å². The van der Waals surface area contributed by atoms with Crippen molar-refractivity contribution in [3.05, 3.63) is 59.9 Å². The minimum absolute atomic E-state index is 0.0349. The van der Waals surface area contributed by atoms with E-state index in [9.17, 15) is 8.42 Å². The summed E-state index contributed by atoms with van der Waals surface area (Å²) in [6.45, 7) is 3.13. The molecule has 0 N–H and O–H groups in total. The molecule has 0 amide bonds. The van der Waals surface area contributed by atoms with Crippen LogP contribution < -0.4 is 0 Å². The molecule has 1 fully saturated rings. The number of rotatable bonds is 4. The fraction of sp³-hybridized carbons (Fsp3) is 0.353. The van der Waals surface area contributed by atoms with Crippen LogP contribution in [0, 0.1) is 0 Å². The Hall–Kier alpha value is -1.76. The molecule has 122 valence electrons. The van der Waals surface area contributed by atoms with Crippen LogP contribution in [0.1, 0.15) is 17.2 Å². The molecule has 1 atom stereocenters. The summed E-state index contributed by atoms with van der Waals surface area (Å²) in [6.07, 6.45) is 4.86. The van der Waals surface area contributed by atoms with Gasteiger partial charge in [-0.2, -0.15) is 0 Å². The molecule has 0 saturated carbocycles. The summed E-state index contributed by atoms with van der Waals surface area (Å²) in [5.74, 6) is 0. The van der Waals surface area contributed by atoms with Crippen molar-refractivity contribution in [1.29, 1.82) is 0 Å². The zero-order valence-corrected chi connectivity index (χ0v) is 13.9. The maximum atomic E-state index is 11.5. The van der Waals surface area contributed by atoms with Crippen molar-refractivity contribution >= 4 is 9.84 Å². The van der Waals surface area contributed by atoms with Crippen molar-refractivity contribution in [2.75, 3.05) is 26.0 Å². The molecular weight excluding hydrogens is 312 g/mol. The Morgan fingerprint density at radius 3 is 2.70 bits per heavy atom. The first-order chi connectivity index (χ1) is 11.0. The van der Waals surface area contributed by atoms with Crippen LogP contribution in [0.4, 0.5) is 0 Å². The Balaban J connectivity index is 1.66. The number of morpholine rings is 1. The normalized spacial score (nSPS) is 19.6. The zero-order chi connectivity index (χ0) is 16.3. The average Bonchev–Trinajstić information content (AvgIpc) is 2.56. The monoisotopic (exact) mass is 332 g/mol. The SMILES string of the molecule is CS(=O)(=O)c1ccc(CN2CCO[C@@H](c3cccnc3)C2)cc1. The van der Waals surface area contributed by atoms with Gasteiger partial charge < -0.3 is 4.74 Å². The highest BCUT2D eigenvalue weighted by atomic mass is 32.2. The lowest BCUT2D eigenvalue weighted by atomic mass is 10.1. The Kier molecular flexibility index (Phi) is 4.75. The lowest BCUT2D eigenvalue weighted by Crippen LogP contribution is -2.37. The van der Waals surface area contributed by atoms with Crippen LogP contribution in [-0.2, 0) is 21.1 Å². The molecule has 6 heteroatoms. The standard InChI is InChI=1S/C17H20N2O3S/c1-23(20,21)16-6-4-14(5-7-16)12-19-9-10-22-17(13-19)15-3-2-8-18-11-15/h2-8,11,17H,9-10,12-13H2,1H3/t17-/m1/s1. The van der Waals surface area contributed by atoms with Crippen LogP contribution in [0.3, 0.4) is 0 Å². The molecule has 1 aliphatic rings. The number of aromatic nitrogens is 1. The Bertz CT molecular complexity index is 745. The molecule has 2 aromatic rings. The summed E-state index contributed by atoms with van der Waals surface area (Å²) in [7, 11) is -3.14. The van der Waals surface area contributed by atoms with Gasteiger partial charge in [0.2, 0.25) is 0 Å². The lowest BCUT2D eigenvalue weighted by molar-refractivity contribution is -0.0330. The van der Waals surface area contributed by atoms with Crippen LogP contribution in [0.15, 0.2) is 53.7 Å². The van der Waals surface area contributed by atoms with E-state index in [-0.39, 0.29) is 6.10 Å². The number of ether oxygens (including phenoxy) is 1. The molecule has 0 aliphatic carbocycles. The lowest BCUT2D eigenvalue weighted by Gasteiger charge is -2.33. The van der Waals surface area contributed by atoms with Crippen LogP contribution in [0.5, 0.6) is 0 Å². The van der Waals surface area contributed by atoms with Gasteiger partial charge in [-0.05, 0) is 23.8 Å². The van der Waals surface area contributed by atoms with E-state index in [2.05, 4.69) is 9.88 Å². The topological polar surface area (TPSA) is 59.5 Å². The smallest absolute Gasteiger partial charge is 0.175 e. The fourth-order valence-corrected chi connectivity index (χ4v) is 3.34. The first kappa shape index (κ1) is 16.1. The van der Waals surface area contributed by atoms with Gasteiger partial charge in [0.1, 0.15) is 0 Å². The molecule has 1 aliphatic heterocycles. The Morgan fingerprint density at radius 1 is 1.26 bits per heavy atom. The summed E-state index contributed by atoms with van der Waals surface area (Å²) < 4.78 is 28.8. The van der Waals surface area contributed by atoms with E-state index >= 15 is 0 Å². The third-order valence-electron chi connectivity index (χ3n) is 3.96. The van der Waals surface area contributed by atoms with E-state index in [1.165, 1.54) is 6.26 Å². The van der Waals surface area contributed by atoms with Gasteiger partial charge in [-0.15, -0.1) is 0 Å². The van der Waals surface area contributed by atoms with Gasteiger partial charge in [0.25, 0.3) is 0 Å². The molecule has 5 nitrogen and oxygen atoms in total. The Labute approximate surface area is 136 Å². The molecule has 23 heavy (non-hydrogen) atoms. The highest BCUT2D eigenvalue weighted by Crippen LogP contribution is 2.22. The second kappa shape index (κ2) is 6.78. The molecule has 1 aromatic carbocycles. The maximum Gasteiger partial charge on any atom is 0.175 e. The predicted octanol–water partition coefficient (Wildman–Crippen LogP) is 2.06. The van der Waals surface area contributed by atoms with E-state index in [4.69, 9.17) is 4.74 Å². The fourth-order valence-electron chi connectivity index (χ4n) is 2.71. The third-order valence-corrected chi connectivity index (χ3v) is 5.09. The highest BCUT2D eigenvalue weighted by molar-refractivity contribution is 7.90. The van der Waals surface area contributed by atoms with Crippen LogP contribution in [0.2, 0.25) is 0 Å². The summed E-state index contributed by atoms with van der Waals surface area (Å²) in [6, 6.07) is 11.0. The first-order valence-electron chi connectivity index (χ1n) is 7.55. The molecule has 2 heterocycles.